The number of aliphatic hydroxyl groups is 1. The van der Waals surface area contributed by atoms with Gasteiger partial charge >= 0.3 is 12.4 Å². The minimum absolute atomic E-state index is 0.728. The second kappa shape index (κ2) is 4.64. The fraction of sp³-hybridized carbons (Fsp3) is 1.00. The van der Waals surface area contributed by atoms with E-state index in [-0.39, 0.29) is 0 Å². The summed E-state index contributed by atoms with van der Waals surface area (Å²) in [6.07, 6.45) is -11.6. The molecule has 1 atom stereocenters. The quantitative estimate of drug-likeness (QED) is 0.794. The Bertz CT molecular complexity index is 235. The number of rotatable bonds is 3. The van der Waals surface area contributed by atoms with Crippen LogP contribution in [0, 0.1) is 5.92 Å². The van der Waals surface area contributed by atoms with Gasteiger partial charge in [-0.05, 0) is 20.0 Å². The van der Waals surface area contributed by atoms with Gasteiger partial charge in [0.25, 0.3) is 5.60 Å². The maximum absolute atomic E-state index is 12.6. The van der Waals surface area contributed by atoms with Gasteiger partial charge in [0.1, 0.15) is 0 Å². The van der Waals surface area contributed by atoms with Crippen LogP contribution < -0.4 is 0 Å². The van der Waals surface area contributed by atoms with Crippen LogP contribution in [0.2, 0.25) is 0 Å². The SMILES string of the molecule is CC(C)C(N(C)C)C(O)(C(F)(F)F)C(F)(F)F. The number of hydrogen-bond donors (Lipinski definition) is 1. The van der Waals surface area contributed by atoms with Crippen LogP contribution in [0.15, 0.2) is 0 Å². The fourth-order valence-electron chi connectivity index (χ4n) is 1.95. The van der Waals surface area contributed by atoms with E-state index in [1.807, 2.05) is 0 Å². The van der Waals surface area contributed by atoms with Crippen LogP contribution in [0.25, 0.3) is 0 Å². The third kappa shape index (κ3) is 2.85. The average molecular weight is 267 g/mol. The van der Waals surface area contributed by atoms with Gasteiger partial charge in [0, 0.05) is 0 Å². The molecule has 0 rings (SSSR count). The van der Waals surface area contributed by atoms with E-state index in [2.05, 4.69) is 0 Å². The molecule has 1 N–H and O–H groups in total. The Morgan fingerprint density at radius 1 is 0.882 bits per heavy atom. The van der Waals surface area contributed by atoms with Crippen molar-refractivity contribution in [1.82, 2.24) is 4.90 Å². The van der Waals surface area contributed by atoms with E-state index in [1.165, 1.54) is 13.8 Å². The van der Waals surface area contributed by atoms with Crippen molar-refractivity contribution >= 4 is 0 Å². The van der Waals surface area contributed by atoms with Crippen molar-refractivity contribution in [2.45, 2.75) is 37.8 Å². The van der Waals surface area contributed by atoms with E-state index in [0.29, 0.717) is 0 Å². The lowest BCUT2D eigenvalue weighted by molar-refractivity contribution is -0.386. The van der Waals surface area contributed by atoms with Crippen LogP contribution in [0.4, 0.5) is 26.3 Å². The molecule has 0 aromatic rings. The van der Waals surface area contributed by atoms with Crippen LogP contribution in [0.1, 0.15) is 13.8 Å². The van der Waals surface area contributed by atoms with Crippen molar-refractivity contribution < 1.29 is 31.4 Å². The molecule has 0 aliphatic heterocycles. The van der Waals surface area contributed by atoms with Crippen molar-refractivity contribution in [3.8, 4) is 0 Å². The van der Waals surface area contributed by atoms with Gasteiger partial charge in [-0.3, -0.25) is 0 Å². The first-order valence-corrected chi connectivity index (χ1v) is 4.79. The monoisotopic (exact) mass is 267 g/mol. The molecule has 0 fully saturated rings. The van der Waals surface area contributed by atoms with Crippen molar-refractivity contribution in [3.05, 3.63) is 0 Å². The molecular formula is C9H15F6NO. The van der Waals surface area contributed by atoms with Crippen molar-refractivity contribution in [2.75, 3.05) is 14.1 Å². The molecule has 17 heavy (non-hydrogen) atoms. The first kappa shape index (κ1) is 16.5. The standard InChI is InChI=1S/C9H15F6NO/c1-5(2)6(16(3)4)7(17,8(10,11)12)9(13,14)15/h5-6,17H,1-4H3. The zero-order valence-electron chi connectivity index (χ0n) is 9.82. The lowest BCUT2D eigenvalue weighted by Gasteiger charge is -2.43. The largest absolute Gasteiger partial charge is 0.427 e. The molecule has 0 saturated carbocycles. The molecule has 0 aliphatic rings. The number of likely N-dealkylation sites (N-methyl/N-ethyl adjacent to an activating group) is 1. The third-order valence-corrected chi connectivity index (χ3v) is 2.48. The number of nitrogens with zero attached hydrogens (tertiary/aromatic N) is 1. The molecule has 0 saturated heterocycles. The lowest BCUT2D eigenvalue weighted by Crippen LogP contribution is -2.69. The third-order valence-electron chi connectivity index (χ3n) is 2.48. The second-order valence-corrected chi connectivity index (χ2v) is 4.41. The van der Waals surface area contributed by atoms with Gasteiger partial charge in [-0.15, -0.1) is 0 Å². The van der Waals surface area contributed by atoms with Crippen molar-refractivity contribution in [3.63, 3.8) is 0 Å². The molecule has 0 aromatic carbocycles. The summed E-state index contributed by atoms with van der Waals surface area (Å²) in [4.78, 5) is 0.728. The molecule has 0 aliphatic carbocycles. The summed E-state index contributed by atoms with van der Waals surface area (Å²) >= 11 is 0. The molecule has 0 radical (unpaired) electrons. The zero-order valence-corrected chi connectivity index (χ0v) is 9.82. The minimum Gasteiger partial charge on any atom is -0.372 e. The normalized spacial score (nSPS) is 16.8. The molecule has 0 amide bonds. The molecule has 8 heteroatoms. The molecule has 2 nitrogen and oxygen atoms in total. The summed E-state index contributed by atoms with van der Waals surface area (Å²) in [5.74, 6) is -1.03. The van der Waals surface area contributed by atoms with E-state index < -0.39 is 29.9 Å². The smallest absolute Gasteiger partial charge is 0.372 e. The van der Waals surface area contributed by atoms with Gasteiger partial charge in [0.05, 0.1) is 6.04 Å². The van der Waals surface area contributed by atoms with Gasteiger partial charge in [0.15, 0.2) is 0 Å². The predicted octanol–water partition coefficient (Wildman–Crippen LogP) is 2.43. The van der Waals surface area contributed by atoms with Crippen LogP contribution in [0.3, 0.4) is 0 Å². The van der Waals surface area contributed by atoms with E-state index in [0.717, 1.165) is 19.0 Å². The van der Waals surface area contributed by atoms with Crippen molar-refractivity contribution in [1.29, 1.82) is 0 Å². The minimum atomic E-state index is -5.79. The topological polar surface area (TPSA) is 23.5 Å². The molecule has 1 unspecified atom stereocenters. The maximum Gasteiger partial charge on any atom is 0.427 e. The fourth-order valence-corrected chi connectivity index (χ4v) is 1.95. The van der Waals surface area contributed by atoms with Gasteiger partial charge < -0.3 is 10.0 Å². The Morgan fingerprint density at radius 3 is 1.24 bits per heavy atom. The second-order valence-electron chi connectivity index (χ2n) is 4.41. The highest BCUT2D eigenvalue weighted by Gasteiger charge is 2.74. The molecule has 0 aromatic heterocycles. The Labute approximate surface area is 95.2 Å². The van der Waals surface area contributed by atoms with Crippen molar-refractivity contribution in [2.24, 2.45) is 5.92 Å². The van der Waals surface area contributed by atoms with Crippen LogP contribution >= 0.6 is 0 Å². The summed E-state index contributed by atoms with van der Waals surface area (Å²) in [6.45, 7) is 2.38. The molecule has 104 valence electrons. The summed E-state index contributed by atoms with van der Waals surface area (Å²) < 4.78 is 75.4. The van der Waals surface area contributed by atoms with Gasteiger partial charge in [-0.25, -0.2) is 0 Å². The Hall–Kier alpha value is -0.500. The summed E-state index contributed by atoms with van der Waals surface area (Å²) in [5, 5.41) is 9.19. The molecule has 0 heterocycles. The first-order chi connectivity index (χ1) is 7.26. The van der Waals surface area contributed by atoms with E-state index in [9.17, 15) is 31.4 Å². The maximum atomic E-state index is 12.6. The molecule has 0 bridgehead atoms. The number of hydrogen-bond acceptors (Lipinski definition) is 2. The molecule has 0 spiro atoms. The van der Waals surface area contributed by atoms with Crippen LogP contribution in [-0.4, -0.2) is 48.1 Å². The average Bonchev–Trinajstić information content (AvgIpc) is 1.97. The Kier molecular flexibility index (Phi) is 4.50. The zero-order chi connectivity index (χ0) is 14.2. The van der Waals surface area contributed by atoms with Crippen LogP contribution in [0.5, 0.6) is 0 Å². The summed E-state index contributed by atoms with van der Waals surface area (Å²) in [6, 6.07) is -2.11. The first-order valence-electron chi connectivity index (χ1n) is 4.79. The molecular weight excluding hydrogens is 252 g/mol. The van der Waals surface area contributed by atoms with E-state index in [4.69, 9.17) is 0 Å². The van der Waals surface area contributed by atoms with Crippen LogP contribution in [-0.2, 0) is 0 Å². The Morgan fingerprint density at radius 2 is 1.18 bits per heavy atom. The van der Waals surface area contributed by atoms with Gasteiger partial charge in [0.2, 0.25) is 0 Å². The summed E-state index contributed by atoms with van der Waals surface area (Å²) in [5.41, 5.74) is -4.74. The lowest BCUT2D eigenvalue weighted by atomic mass is 9.84. The predicted molar refractivity (Wildman–Crippen MR) is 49.4 cm³/mol. The van der Waals surface area contributed by atoms with Gasteiger partial charge in [-0.2, -0.15) is 26.3 Å². The van der Waals surface area contributed by atoms with E-state index in [1.54, 1.807) is 0 Å². The summed E-state index contributed by atoms with van der Waals surface area (Å²) in [7, 11) is 2.13. The highest BCUT2D eigenvalue weighted by molar-refractivity contribution is 5.04. The number of halogens is 6. The highest BCUT2D eigenvalue weighted by atomic mass is 19.4. The van der Waals surface area contributed by atoms with E-state index >= 15 is 0 Å². The highest BCUT2D eigenvalue weighted by Crippen LogP contribution is 2.47. The number of alkyl halides is 6. The van der Waals surface area contributed by atoms with Gasteiger partial charge in [-0.1, -0.05) is 13.8 Å². The Balaban J connectivity index is 5.78.